The zero-order valence-electron chi connectivity index (χ0n) is 11.1. The first-order chi connectivity index (χ1) is 9.70. The van der Waals surface area contributed by atoms with E-state index in [0.717, 1.165) is 11.1 Å². The molecule has 0 aliphatic rings. The number of halogens is 1. The largest absolute Gasteiger partial charge is 0.380 e. The van der Waals surface area contributed by atoms with Gasteiger partial charge in [0.1, 0.15) is 5.69 Å². The molecule has 0 bridgehead atoms. The van der Waals surface area contributed by atoms with Crippen LogP contribution in [0.15, 0.2) is 42.6 Å². The lowest BCUT2D eigenvalue weighted by atomic mass is 10.1. The summed E-state index contributed by atoms with van der Waals surface area (Å²) in [5.41, 5.74) is 2.38. The number of aromatic nitrogens is 1. The first-order valence-corrected chi connectivity index (χ1v) is 6.54. The number of nitrogens with one attached hydrogen (secondary N) is 1. The molecule has 0 radical (unpaired) electrons. The molecular weight excluding hydrogens is 276 g/mol. The average Bonchev–Trinajstić information content (AvgIpc) is 2.46. The predicted octanol–water partition coefficient (Wildman–Crippen LogP) is 2.81. The van der Waals surface area contributed by atoms with E-state index in [4.69, 9.17) is 16.3 Å². The summed E-state index contributed by atoms with van der Waals surface area (Å²) in [5.74, 6) is -0.250. The number of carbonyl (C=O) groups is 1. The lowest BCUT2D eigenvalue weighted by Gasteiger charge is -2.10. The van der Waals surface area contributed by atoms with Gasteiger partial charge in [-0.3, -0.25) is 9.78 Å². The number of amides is 1. The Labute approximate surface area is 122 Å². The molecular formula is C15H15ClN2O2. The van der Waals surface area contributed by atoms with E-state index in [2.05, 4.69) is 10.3 Å². The second-order valence-corrected chi connectivity index (χ2v) is 4.68. The van der Waals surface area contributed by atoms with Gasteiger partial charge in [0.25, 0.3) is 5.91 Å². The van der Waals surface area contributed by atoms with Crippen molar-refractivity contribution in [2.45, 2.75) is 13.2 Å². The van der Waals surface area contributed by atoms with E-state index in [-0.39, 0.29) is 5.91 Å². The quantitative estimate of drug-likeness (QED) is 0.921. The summed E-state index contributed by atoms with van der Waals surface area (Å²) in [7, 11) is 1.64. The van der Waals surface area contributed by atoms with Crippen LogP contribution in [0, 0.1) is 0 Å². The standard InChI is InChI=1S/C15H15ClN2O2/c1-20-10-12-5-3-2-4-11(12)9-18-15(19)14-8-13(16)6-7-17-14/h2-8H,9-10H2,1H3,(H,18,19). The Morgan fingerprint density at radius 3 is 2.75 bits per heavy atom. The van der Waals surface area contributed by atoms with Gasteiger partial charge >= 0.3 is 0 Å². The Morgan fingerprint density at radius 1 is 1.30 bits per heavy atom. The molecule has 0 aliphatic heterocycles. The number of rotatable bonds is 5. The molecule has 0 aliphatic carbocycles. The summed E-state index contributed by atoms with van der Waals surface area (Å²) in [5, 5.41) is 3.32. The van der Waals surface area contributed by atoms with Gasteiger partial charge in [-0.1, -0.05) is 35.9 Å². The Balaban J connectivity index is 2.03. The van der Waals surface area contributed by atoms with Crippen molar-refractivity contribution in [2.24, 2.45) is 0 Å². The Hall–Kier alpha value is -1.91. The predicted molar refractivity (Wildman–Crippen MR) is 77.6 cm³/mol. The van der Waals surface area contributed by atoms with E-state index in [1.807, 2.05) is 24.3 Å². The molecule has 1 aromatic heterocycles. The van der Waals surface area contributed by atoms with Gasteiger partial charge in [-0.15, -0.1) is 0 Å². The third-order valence-electron chi connectivity index (χ3n) is 2.81. The van der Waals surface area contributed by atoms with Gasteiger partial charge in [-0.2, -0.15) is 0 Å². The lowest BCUT2D eigenvalue weighted by molar-refractivity contribution is 0.0945. The maximum Gasteiger partial charge on any atom is 0.270 e. The molecule has 0 saturated carbocycles. The van der Waals surface area contributed by atoms with Gasteiger partial charge in [-0.05, 0) is 23.3 Å². The third-order valence-corrected chi connectivity index (χ3v) is 3.05. The van der Waals surface area contributed by atoms with E-state index in [1.165, 1.54) is 12.3 Å². The van der Waals surface area contributed by atoms with Crippen molar-refractivity contribution in [2.75, 3.05) is 7.11 Å². The van der Waals surface area contributed by atoms with Crippen molar-refractivity contribution in [1.82, 2.24) is 10.3 Å². The minimum Gasteiger partial charge on any atom is -0.380 e. The van der Waals surface area contributed by atoms with Crippen LogP contribution < -0.4 is 5.32 Å². The summed E-state index contributed by atoms with van der Waals surface area (Å²) in [6, 6.07) is 11.0. The number of ether oxygens (including phenoxy) is 1. The van der Waals surface area contributed by atoms with Crippen molar-refractivity contribution in [3.05, 3.63) is 64.4 Å². The van der Waals surface area contributed by atoms with Gasteiger partial charge in [-0.25, -0.2) is 0 Å². The second kappa shape index (κ2) is 7.03. The number of carbonyl (C=O) groups excluding carboxylic acids is 1. The number of nitrogens with zero attached hydrogens (tertiary/aromatic N) is 1. The minimum absolute atomic E-state index is 0.250. The van der Waals surface area contributed by atoms with E-state index in [1.54, 1.807) is 13.2 Å². The van der Waals surface area contributed by atoms with Gasteiger partial charge in [0.15, 0.2) is 0 Å². The van der Waals surface area contributed by atoms with Crippen molar-refractivity contribution in [1.29, 1.82) is 0 Å². The number of pyridine rings is 1. The third kappa shape index (κ3) is 3.79. The Morgan fingerprint density at radius 2 is 2.05 bits per heavy atom. The minimum atomic E-state index is -0.250. The molecule has 0 spiro atoms. The van der Waals surface area contributed by atoms with Crippen LogP contribution in [-0.4, -0.2) is 18.0 Å². The summed E-state index contributed by atoms with van der Waals surface area (Å²) >= 11 is 5.84. The second-order valence-electron chi connectivity index (χ2n) is 4.24. The molecule has 4 nitrogen and oxygen atoms in total. The van der Waals surface area contributed by atoms with Crippen LogP contribution in [-0.2, 0) is 17.9 Å². The highest BCUT2D eigenvalue weighted by atomic mass is 35.5. The maximum absolute atomic E-state index is 12.0. The monoisotopic (exact) mass is 290 g/mol. The normalized spacial score (nSPS) is 10.3. The topological polar surface area (TPSA) is 51.2 Å². The summed E-state index contributed by atoms with van der Waals surface area (Å²) in [4.78, 5) is 16.0. The molecule has 1 heterocycles. The fourth-order valence-corrected chi connectivity index (χ4v) is 1.98. The van der Waals surface area contributed by atoms with Crippen LogP contribution in [0.3, 0.4) is 0 Å². The first-order valence-electron chi connectivity index (χ1n) is 6.16. The smallest absolute Gasteiger partial charge is 0.270 e. The molecule has 0 saturated heterocycles. The SMILES string of the molecule is COCc1ccccc1CNC(=O)c1cc(Cl)ccn1. The number of hydrogen-bond acceptors (Lipinski definition) is 3. The van der Waals surface area contributed by atoms with Crippen LogP contribution in [0.2, 0.25) is 5.02 Å². The molecule has 0 atom stereocenters. The van der Waals surface area contributed by atoms with Crippen LogP contribution in [0.4, 0.5) is 0 Å². The molecule has 104 valence electrons. The highest BCUT2D eigenvalue weighted by Gasteiger charge is 2.08. The van der Waals surface area contributed by atoms with Crippen LogP contribution in [0.25, 0.3) is 0 Å². The molecule has 20 heavy (non-hydrogen) atoms. The molecule has 2 rings (SSSR count). The first kappa shape index (κ1) is 14.5. The Bertz CT molecular complexity index is 602. The molecule has 2 aromatic rings. The van der Waals surface area contributed by atoms with Crippen molar-refractivity contribution >= 4 is 17.5 Å². The van der Waals surface area contributed by atoms with E-state index in [9.17, 15) is 4.79 Å². The molecule has 5 heteroatoms. The molecule has 0 fully saturated rings. The molecule has 1 aromatic carbocycles. The van der Waals surface area contributed by atoms with E-state index in [0.29, 0.717) is 23.9 Å². The van der Waals surface area contributed by atoms with Gasteiger partial charge in [0.05, 0.1) is 6.61 Å². The highest BCUT2D eigenvalue weighted by Crippen LogP contribution is 2.11. The fraction of sp³-hybridized carbons (Fsp3) is 0.200. The van der Waals surface area contributed by atoms with E-state index >= 15 is 0 Å². The van der Waals surface area contributed by atoms with Crippen molar-refractivity contribution < 1.29 is 9.53 Å². The van der Waals surface area contributed by atoms with Crippen LogP contribution in [0.5, 0.6) is 0 Å². The fourth-order valence-electron chi connectivity index (χ4n) is 1.82. The average molecular weight is 291 g/mol. The van der Waals surface area contributed by atoms with E-state index < -0.39 is 0 Å². The number of hydrogen-bond donors (Lipinski definition) is 1. The number of benzene rings is 1. The van der Waals surface area contributed by atoms with Crippen LogP contribution >= 0.6 is 11.6 Å². The highest BCUT2D eigenvalue weighted by molar-refractivity contribution is 6.30. The van der Waals surface area contributed by atoms with Crippen molar-refractivity contribution in [3.8, 4) is 0 Å². The van der Waals surface area contributed by atoms with Gasteiger partial charge in [0.2, 0.25) is 0 Å². The zero-order valence-corrected chi connectivity index (χ0v) is 11.9. The summed E-state index contributed by atoms with van der Waals surface area (Å²) in [6.45, 7) is 0.939. The number of methoxy groups -OCH3 is 1. The van der Waals surface area contributed by atoms with Gasteiger partial charge < -0.3 is 10.1 Å². The molecule has 0 unspecified atom stereocenters. The lowest BCUT2D eigenvalue weighted by Crippen LogP contribution is -2.24. The zero-order chi connectivity index (χ0) is 14.4. The molecule has 1 N–H and O–H groups in total. The summed E-state index contributed by atoms with van der Waals surface area (Å²) < 4.78 is 5.13. The van der Waals surface area contributed by atoms with Gasteiger partial charge in [0, 0.05) is 24.9 Å². The Kier molecular flexibility index (Phi) is 5.09. The molecule has 1 amide bonds. The maximum atomic E-state index is 12.0. The van der Waals surface area contributed by atoms with Crippen molar-refractivity contribution in [3.63, 3.8) is 0 Å². The summed E-state index contributed by atoms with van der Waals surface area (Å²) in [6.07, 6.45) is 1.51. The van der Waals surface area contributed by atoms with Crippen LogP contribution in [0.1, 0.15) is 21.6 Å².